The Morgan fingerprint density at radius 2 is 2.22 bits per heavy atom. The SMILES string of the molecule is N#Cc1ccccc1Cn1c(N2CCC[C@@H](N)C2)nc2[nH]cc(Br)c2c1=O. The topological polar surface area (TPSA) is 104 Å². The summed E-state index contributed by atoms with van der Waals surface area (Å²) in [4.78, 5) is 23.1. The molecule has 138 valence electrons. The number of piperidine rings is 1. The molecule has 3 N–H and O–H groups in total. The van der Waals surface area contributed by atoms with E-state index in [1.54, 1.807) is 16.8 Å². The minimum Gasteiger partial charge on any atom is -0.345 e. The molecule has 3 heterocycles. The van der Waals surface area contributed by atoms with Crippen LogP contribution in [-0.4, -0.2) is 33.7 Å². The molecule has 0 bridgehead atoms. The Kier molecular flexibility index (Phi) is 4.72. The predicted octanol–water partition coefficient (Wildman–Crippen LogP) is 2.33. The predicted molar refractivity (Wildman–Crippen MR) is 108 cm³/mol. The van der Waals surface area contributed by atoms with Crippen molar-refractivity contribution in [2.45, 2.75) is 25.4 Å². The average molecular weight is 427 g/mol. The molecule has 0 saturated carbocycles. The Balaban J connectivity index is 1.89. The second-order valence-corrected chi connectivity index (χ2v) is 7.63. The summed E-state index contributed by atoms with van der Waals surface area (Å²) in [5.74, 6) is 0.588. The first-order valence-corrected chi connectivity index (χ1v) is 9.63. The molecule has 4 rings (SSSR count). The zero-order valence-electron chi connectivity index (χ0n) is 14.7. The van der Waals surface area contributed by atoms with Crippen molar-refractivity contribution < 1.29 is 0 Å². The number of aromatic amines is 1. The minimum absolute atomic E-state index is 0.0570. The van der Waals surface area contributed by atoms with E-state index in [2.05, 4.69) is 31.9 Å². The van der Waals surface area contributed by atoms with Crippen LogP contribution in [-0.2, 0) is 6.54 Å². The number of anilines is 1. The van der Waals surface area contributed by atoms with E-state index in [0.717, 1.165) is 24.9 Å². The van der Waals surface area contributed by atoms with E-state index in [1.807, 2.05) is 18.2 Å². The lowest BCUT2D eigenvalue weighted by Gasteiger charge is -2.33. The van der Waals surface area contributed by atoms with Gasteiger partial charge in [-0.05, 0) is 40.4 Å². The third kappa shape index (κ3) is 3.24. The maximum Gasteiger partial charge on any atom is 0.265 e. The van der Waals surface area contributed by atoms with Gasteiger partial charge in [-0.25, -0.2) is 0 Å². The molecule has 0 unspecified atom stereocenters. The minimum atomic E-state index is -0.144. The summed E-state index contributed by atoms with van der Waals surface area (Å²) in [5.41, 5.74) is 7.90. The van der Waals surface area contributed by atoms with E-state index < -0.39 is 0 Å². The molecule has 1 fully saturated rings. The van der Waals surface area contributed by atoms with Gasteiger partial charge in [-0.1, -0.05) is 18.2 Å². The van der Waals surface area contributed by atoms with Gasteiger partial charge in [-0.15, -0.1) is 0 Å². The highest BCUT2D eigenvalue weighted by Crippen LogP contribution is 2.24. The highest BCUT2D eigenvalue weighted by Gasteiger charge is 2.24. The van der Waals surface area contributed by atoms with Crippen LogP contribution >= 0.6 is 15.9 Å². The molecule has 0 amide bonds. The molecule has 2 aromatic heterocycles. The van der Waals surface area contributed by atoms with E-state index >= 15 is 0 Å². The molecule has 1 aromatic carbocycles. The number of nitrogens with zero attached hydrogens (tertiary/aromatic N) is 4. The van der Waals surface area contributed by atoms with Crippen molar-refractivity contribution in [3.63, 3.8) is 0 Å². The van der Waals surface area contributed by atoms with Gasteiger partial charge in [0.2, 0.25) is 5.95 Å². The fraction of sp³-hybridized carbons (Fsp3) is 0.316. The standard InChI is InChI=1S/C19H19BrN6O/c20-15-9-23-17-16(15)18(27)26(10-13-5-2-1-4-12(13)8-21)19(24-17)25-7-3-6-14(22)11-25/h1-2,4-5,9,14,23H,3,6-7,10-11,22H2/t14-/m1/s1. The Labute approximate surface area is 164 Å². The molecule has 0 radical (unpaired) electrons. The number of aromatic nitrogens is 3. The van der Waals surface area contributed by atoms with Gasteiger partial charge in [-0.2, -0.15) is 10.2 Å². The molecule has 7 nitrogen and oxygen atoms in total. The molecule has 0 aliphatic carbocycles. The third-order valence-corrected chi connectivity index (χ3v) is 5.56. The maximum atomic E-state index is 13.3. The smallest absolute Gasteiger partial charge is 0.265 e. The van der Waals surface area contributed by atoms with Crippen LogP contribution in [0.1, 0.15) is 24.0 Å². The average Bonchev–Trinajstić information content (AvgIpc) is 3.05. The Bertz CT molecular complexity index is 1100. The first-order valence-electron chi connectivity index (χ1n) is 8.84. The third-order valence-electron chi connectivity index (χ3n) is 4.93. The van der Waals surface area contributed by atoms with Crippen molar-refractivity contribution in [2.24, 2.45) is 5.73 Å². The summed E-state index contributed by atoms with van der Waals surface area (Å²) < 4.78 is 2.33. The molecular formula is C19H19BrN6O. The molecular weight excluding hydrogens is 408 g/mol. The number of H-pyrrole nitrogens is 1. The van der Waals surface area contributed by atoms with Gasteiger partial charge in [0.25, 0.3) is 5.56 Å². The normalized spacial score (nSPS) is 17.2. The van der Waals surface area contributed by atoms with Crippen LogP contribution in [0.4, 0.5) is 5.95 Å². The number of hydrogen-bond donors (Lipinski definition) is 2. The molecule has 1 aliphatic rings. The van der Waals surface area contributed by atoms with Crippen LogP contribution in [0.15, 0.2) is 39.7 Å². The second-order valence-electron chi connectivity index (χ2n) is 6.78. The Morgan fingerprint density at radius 1 is 1.41 bits per heavy atom. The summed E-state index contributed by atoms with van der Waals surface area (Å²) in [6.07, 6.45) is 3.64. The van der Waals surface area contributed by atoms with Gasteiger partial charge in [0, 0.05) is 25.3 Å². The van der Waals surface area contributed by atoms with Crippen LogP contribution in [0.5, 0.6) is 0 Å². The van der Waals surface area contributed by atoms with Gasteiger partial charge in [-0.3, -0.25) is 9.36 Å². The lowest BCUT2D eigenvalue weighted by atomic mass is 10.1. The van der Waals surface area contributed by atoms with E-state index in [9.17, 15) is 10.1 Å². The van der Waals surface area contributed by atoms with Gasteiger partial charge in [0.1, 0.15) is 5.65 Å². The van der Waals surface area contributed by atoms with Crippen molar-refractivity contribution in [1.82, 2.24) is 14.5 Å². The van der Waals surface area contributed by atoms with E-state index in [1.165, 1.54) is 0 Å². The maximum absolute atomic E-state index is 13.3. The van der Waals surface area contributed by atoms with E-state index in [0.29, 0.717) is 33.6 Å². The molecule has 3 aromatic rings. The Morgan fingerprint density at radius 3 is 3.00 bits per heavy atom. The zero-order chi connectivity index (χ0) is 19.0. The Hall–Kier alpha value is -2.63. The van der Waals surface area contributed by atoms with Crippen LogP contribution in [0, 0.1) is 11.3 Å². The number of benzene rings is 1. The molecule has 0 spiro atoms. The number of nitrogens with one attached hydrogen (secondary N) is 1. The first-order chi connectivity index (χ1) is 13.1. The van der Waals surface area contributed by atoms with E-state index in [-0.39, 0.29) is 18.1 Å². The number of rotatable bonds is 3. The van der Waals surface area contributed by atoms with Crippen molar-refractivity contribution in [2.75, 3.05) is 18.0 Å². The summed E-state index contributed by atoms with van der Waals surface area (Å²) >= 11 is 3.43. The fourth-order valence-corrected chi connectivity index (χ4v) is 4.05. The van der Waals surface area contributed by atoms with Crippen LogP contribution in [0.3, 0.4) is 0 Å². The number of hydrogen-bond acceptors (Lipinski definition) is 5. The molecule has 1 aliphatic heterocycles. The number of fused-ring (bicyclic) bond motifs is 1. The van der Waals surface area contributed by atoms with Crippen LogP contribution in [0.2, 0.25) is 0 Å². The lowest BCUT2D eigenvalue weighted by molar-refractivity contribution is 0.491. The molecule has 1 atom stereocenters. The summed E-state index contributed by atoms with van der Waals surface area (Å²) in [5, 5.41) is 9.92. The summed E-state index contributed by atoms with van der Waals surface area (Å²) in [6.45, 7) is 1.73. The number of nitriles is 1. The van der Waals surface area contributed by atoms with Crippen LogP contribution < -0.4 is 16.2 Å². The lowest BCUT2D eigenvalue weighted by Crippen LogP contribution is -2.45. The zero-order valence-corrected chi connectivity index (χ0v) is 16.2. The first kappa shape index (κ1) is 17.8. The second kappa shape index (κ2) is 7.18. The highest BCUT2D eigenvalue weighted by atomic mass is 79.9. The van der Waals surface area contributed by atoms with Gasteiger partial charge < -0.3 is 15.6 Å². The largest absolute Gasteiger partial charge is 0.345 e. The van der Waals surface area contributed by atoms with Crippen LogP contribution in [0.25, 0.3) is 11.0 Å². The number of nitrogens with two attached hydrogens (primary N) is 1. The van der Waals surface area contributed by atoms with Gasteiger partial charge in [0.05, 0.1) is 28.0 Å². The molecule has 8 heteroatoms. The van der Waals surface area contributed by atoms with Crippen molar-refractivity contribution >= 4 is 32.9 Å². The quantitative estimate of drug-likeness (QED) is 0.668. The highest BCUT2D eigenvalue weighted by molar-refractivity contribution is 9.10. The molecule has 27 heavy (non-hydrogen) atoms. The van der Waals surface area contributed by atoms with E-state index in [4.69, 9.17) is 10.7 Å². The fourth-order valence-electron chi connectivity index (χ4n) is 3.58. The summed E-state index contributed by atoms with van der Waals surface area (Å²) in [7, 11) is 0. The number of halogens is 1. The monoisotopic (exact) mass is 426 g/mol. The van der Waals surface area contributed by atoms with Crippen molar-refractivity contribution in [1.29, 1.82) is 5.26 Å². The van der Waals surface area contributed by atoms with Crippen molar-refractivity contribution in [3.8, 4) is 6.07 Å². The van der Waals surface area contributed by atoms with Crippen molar-refractivity contribution in [3.05, 3.63) is 56.4 Å². The van der Waals surface area contributed by atoms with Gasteiger partial charge in [0.15, 0.2) is 0 Å². The summed E-state index contributed by atoms with van der Waals surface area (Å²) in [6, 6.07) is 9.57. The molecule has 1 saturated heterocycles. The van der Waals surface area contributed by atoms with Gasteiger partial charge >= 0.3 is 0 Å².